The molecular weight excluding hydrogens is 529 g/mol. The molecule has 0 radical (unpaired) electrons. The molecule has 2 heterocycles. The van der Waals surface area contributed by atoms with Gasteiger partial charge in [-0.25, -0.2) is 0 Å². The second-order valence-electron chi connectivity index (χ2n) is 13.0. The van der Waals surface area contributed by atoms with E-state index >= 15 is 0 Å². The average molecular weight is 585 g/mol. The average Bonchev–Trinajstić information content (AvgIpc) is 3.45. The minimum atomic E-state index is -4.37. The van der Waals surface area contributed by atoms with Crippen molar-refractivity contribution in [2.75, 3.05) is 32.7 Å². The lowest BCUT2D eigenvalue weighted by molar-refractivity contribution is -0.138. The molecule has 234 valence electrons. The number of halogens is 3. The maximum Gasteiger partial charge on any atom is 0.416 e. The Morgan fingerprint density at radius 1 is 1.12 bits per heavy atom. The molecule has 0 amide bonds. The molecule has 2 atom stereocenters. The van der Waals surface area contributed by atoms with Crippen LogP contribution < -0.4 is 5.32 Å². The smallest absolute Gasteiger partial charge is 0.316 e. The van der Waals surface area contributed by atoms with E-state index < -0.39 is 11.7 Å². The van der Waals surface area contributed by atoms with Crippen molar-refractivity contribution in [1.29, 1.82) is 0 Å². The summed E-state index contributed by atoms with van der Waals surface area (Å²) in [6.45, 7) is 23.9. The molecule has 2 aliphatic heterocycles. The lowest BCUT2D eigenvalue weighted by Crippen LogP contribution is -2.37. The molecule has 1 aromatic rings. The summed E-state index contributed by atoms with van der Waals surface area (Å²) in [4.78, 5) is 2.47. The lowest BCUT2D eigenvalue weighted by atomic mass is 9.78. The zero-order valence-corrected chi connectivity index (χ0v) is 27.3. The van der Waals surface area contributed by atoms with E-state index in [1.54, 1.807) is 0 Å². The Bertz CT molecular complexity index is 1140. The molecule has 2 saturated heterocycles. The monoisotopic (exact) mass is 584 g/mol. The number of rotatable bonds is 12. The zero-order chi connectivity index (χ0) is 31.0. The Kier molecular flexibility index (Phi) is 12.7. The van der Waals surface area contributed by atoms with E-state index in [-0.39, 0.29) is 11.8 Å². The van der Waals surface area contributed by atoms with Crippen LogP contribution in [0.5, 0.6) is 0 Å². The second kappa shape index (κ2) is 15.6. The Balaban J connectivity index is 2.13. The van der Waals surface area contributed by atoms with Crippen molar-refractivity contribution in [3.05, 3.63) is 75.9 Å². The quantitative estimate of drug-likeness (QED) is 0.246. The number of alkyl halides is 3. The summed E-state index contributed by atoms with van der Waals surface area (Å²) in [7, 11) is 0. The van der Waals surface area contributed by atoms with Crippen molar-refractivity contribution in [2.45, 2.75) is 99.1 Å². The molecule has 0 spiro atoms. The van der Waals surface area contributed by atoms with E-state index in [9.17, 15) is 13.2 Å². The van der Waals surface area contributed by atoms with Crippen LogP contribution in [-0.4, -0.2) is 37.6 Å². The van der Waals surface area contributed by atoms with Crippen molar-refractivity contribution < 1.29 is 13.2 Å². The highest BCUT2D eigenvalue weighted by molar-refractivity contribution is 5.77. The Labute approximate surface area is 254 Å². The summed E-state index contributed by atoms with van der Waals surface area (Å²) in [6, 6.07) is 3.37. The summed E-state index contributed by atoms with van der Waals surface area (Å²) in [5.41, 5.74) is 6.55. The molecule has 2 unspecified atom stereocenters. The molecule has 1 aromatic carbocycles. The van der Waals surface area contributed by atoms with Gasteiger partial charge in [0.05, 0.1) is 5.56 Å². The summed E-state index contributed by atoms with van der Waals surface area (Å²) in [6.07, 6.45) is 7.43. The van der Waals surface area contributed by atoms with Crippen LogP contribution in [0.15, 0.2) is 53.7 Å². The number of allylic oxidation sites excluding steroid dienone is 7. The van der Waals surface area contributed by atoms with Crippen LogP contribution in [0.1, 0.15) is 108 Å². The number of nitrogens with one attached hydrogen (secondary N) is 1. The van der Waals surface area contributed by atoms with Crippen LogP contribution in [-0.2, 0) is 6.18 Å². The Morgan fingerprint density at radius 3 is 2.33 bits per heavy atom. The Hall–Kier alpha value is -2.11. The molecule has 5 heteroatoms. The number of likely N-dealkylation sites (tertiary alicyclic amines) is 1. The van der Waals surface area contributed by atoms with Gasteiger partial charge in [0, 0.05) is 6.54 Å². The van der Waals surface area contributed by atoms with Crippen molar-refractivity contribution in [1.82, 2.24) is 10.2 Å². The molecule has 0 aliphatic carbocycles. The summed E-state index contributed by atoms with van der Waals surface area (Å²) >= 11 is 0. The van der Waals surface area contributed by atoms with Gasteiger partial charge in [-0.05, 0) is 135 Å². The van der Waals surface area contributed by atoms with E-state index in [0.29, 0.717) is 23.0 Å². The van der Waals surface area contributed by atoms with Gasteiger partial charge in [-0.3, -0.25) is 0 Å². The van der Waals surface area contributed by atoms with Gasteiger partial charge in [0.2, 0.25) is 0 Å². The van der Waals surface area contributed by atoms with E-state index in [4.69, 9.17) is 0 Å². The van der Waals surface area contributed by atoms with Gasteiger partial charge in [0.25, 0.3) is 0 Å². The predicted octanol–water partition coefficient (Wildman–Crippen LogP) is 10.1. The third-order valence-corrected chi connectivity index (χ3v) is 9.52. The normalized spacial score (nSPS) is 21.2. The van der Waals surface area contributed by atoms with Gasteiger partial charge in [0.1, 0.15) is 0 Å². The molecule has 0 saturated carbocycles. The fourth-order valence-electron chi connectivity index (χ4n) is 6.84. The number of nitrogens with zero attached hydrogens (tertiary/aromatic N) is 1. The maximum absolute atomic E-state index is 14.5. The third kappa shape index (κ3) is 8.72. The van der Waals surface area contributed by atoms with Gasteiger partial charge in [-0.1, -0.05) is 77.5 Å². The van der Waals surface area contributed by atoms with Crippen molar-refractivity contribution >= 4 is 5.57 Å². The first-order valence-electron chi connectivity index (χ1n) is 16.3. The molecule has 0 bridgehead atoms. The number of aryl methyl sites for hydroxylation is 1. The fourth-order valence-corrected chi connectivity index (χ4v) is 6.84. The van der Waals surface area contributed by atoms with Crippen LogP contribution >= 0.6 is 0 Å². The molecule has 2 nitrogen and oxygen atoms in total. The first-order chi connectivity index (χ1) is 19.9. The minimum Gasteiger partial charge on any atom is -0.316 e. The zero-order valence-electron chi connectivity index (χ0n) is 27.3. The molecular formula is C37H55F3N2. The van der Waals surface area contributed by atoms with Gasteiger partial charge >= 0.3 is 6.18 Å². The first kappa shape index (κ1) is 34.4. The van der Waals surface area contributed by atoms with Crippen LogP contribution in [0, 0.1) is 24.7 Å². The van der Waals surface area contributed by atoms with E-state index in [1.807, 2.05) is 19.1 Å². The highest BCUT2D eigenvalue weighted by Gasteiger charge is 2.37. The topological polar surface area (TPSA) is 15.3 Å². The number of benzene rings is 1. The number of hydrogen-bond acceptors (Lipinski definition) is 2. The van der Waals surface area contributed by atoms with Gasteiger partial charge in [-0.2, -0.15) is 13.2 Å². The molecule has 1 N–H and O–H groups in total. The summed E-state index contributed by atoms with van der Waals surface area (Å²) in [5, 5.41) is 3.44. The highest BCUT2D eigenvalue weighted by Crippen LogP contribution is 2.44. The van der Waals surface area contributed by atoms with E-state index in [0.717, 1.165) is 81.5 Å². The lowest BCUT2D eigenvalue weighted by Gasteiger charge is -2.35. The summed E-state index contributed by atoms with van der Waals surface area (Å²) in [5.74, 6) is 1.18. The number of hydrogen-bond donors (Lipinski definition) is 1. The van der Waals surface area contributed by atoms with E-state index in [2.05, 4.69) is 70.5 Å². The number of piperidine rings is 1. The van der Waals surface area contributed by atoms with Crippen molar-refractivity contribution in [3.63, 3.8) is 0 Å². The van der Waals surface area contributed by atoms with Gasteiger partial charge in [0.15, 0.2) is 0 Å². The van der Waals surface area contributed by atoms with Crippen LogP contribution in [0.3, 0.4) is 0 Å². The van der Waals surface area contributed by atoms with Gasteiger partial charge < -0.3 is 10.2 Å². The van der Waals surface area contributed by atoms with Crippen molar-refractivity contribution in [2.24, 2.45) is 17.8 Å². The molecule has 2 fully saturated rings. The maximum atomic E-state index is 14.5. The predicted molar refractivity (Wildman–Crippen MR) is 174 cm³/mol. The van der Waals surface area contributed by atoms with Crippen LogP contribution in [0.2, 0.25) is 0 Å². The minimum absolute atomic E-state index is 0.0855. The van der Waals surface area contributed by atoms with Crippen LogP contribution in [0.25, 0.3) is 5.57 Å². The standard InChI is InChI=1S/C37H55F3N2/c1-9-12-31(20-27(7)26(6)11-3)32(13-10-2)36(25(4)5)33-22-34(35(21-28(33)8)37(38,39)40)30-15-18-42(19-16-30)24-29-14-17-41-23-29/h9,12,20-22,25-26,29-30,41H,1,10-11,13-19,23-24H2,2-8H3/b27-20-,31-12+,36-32+. The van der Waals surface area contributed by atoms with Crippen LogP contribution in [0.4, 0.5) is 13.2 Å². The molecule has 42 heavy (non-hydrogen) atoms. The fraction of sp³-hybridized carbons (Fsp3) is 0.622. The summed E-state index contributed by atoms with van der Waals surface area (Å²) < 4.78 is 43.6. The Morgan fingerprint density at radius 2 is 1.81 bits per heavy atom. The molecule has 3 rings (SSSR count). The molecule has 0 aromatic heterocycles. The largest absolute Gasteiger partial charge is 0.416 e. The second-order valence-corrected chi connectivity index (χ2v) is 13.0. The SMILES string of the molecule is C=C/C=C(\C=C(\C)C(C)CC)C(/CCC)=C(/c1cc(C2CCN(CC3CCNC3)CC2)c(C(F)(F)F)cc1C)C(C)C. The van der Waals surface area contributed by atoms with Gasteiger partial charge in [-0.15, -0.1) is 0 Å². The highest BCUT2D eigenvalue weighted by atomic mass is 19.4. The van der Waals surface area contributed by atoms with Crippen molar-refractivity contribution in [3.8, 4) is 0 Å². The first-order valence-corrected chi connectivity index (χ1v) is 16.3. The molecule has 2 aliphatic rings. The van der Waals surface area contributed by atoms with E-state index in [1.165, 1.54) is 23.6 Å². The third-order valence-electron chi connectivity index (χ3n) is 9.52.